The summed E-state index contributed by atoms with van der Waals surface area (Å²) in [6, 6.07) is 24.6. The lowest BCUT2D eigenvalue weighted by Gasteiger charge is -2.19. The summed E-state index contributed by atoms with van der Waals surface area (Å²) in [5.74, 6) is -1.08. The Kier molecular flexibility index (Phi) is 8.47. The van der Waals surface area contributed by atoms with Crippen molar-refractivity contribution in [1.29, 1.82) is 0 Å². The van der Waals surface area contributed by atoms with Crippen LogP contribution in [0, 0.1) is 12.7 Å². The molecule has 0 saturated heterocycles. The molecule has 1 N–H and O–H groups in total. The Morgan fingerprint density at radius 2 is 1.70 bits per heavy atom. The Labute approximate surface area is 280 Å². The summed E-state index contributed by atoms with van der Waals surface area (Å²) in [5.41, 5.74) is 2.24. The van der Waals surface area contributed by atoms with E-state index in [1.807, 2.05) is 29.0 Å². The van der Waals surface area contributed by atoms with E-state index in [2.05, 4.69) is 5.32 Å². The first kappa shape index (κ1) is 32.1. The number of nitrogens with zero attached hydrogens (tertiary/aromatic N) is 4. The van der Waals surface area contributed by atoms with Crippen molar-refractivity contribution in [2.75, 3.05) is 16.7 Å². The van der Waals surface area contributed by atoms with E-state index in [1.54, 1.807) is 67.2 Å². The molecule has 0 saturated carbocycles. The van der Waals surface area contributed by atoms with Crippen LogP contribution in [0.1, 0.15) is 21.6 Å². The molecule has 0 spiro atoms. The fraction of sp³-hybridized carbons (Fsp3) is 0.118. The maximum atomic E-state index is 14.0. The smallest absolute Gasteiger partial charge is 0.296 e. The topological polar surface area (TPSA) is 98.3 Å². The molecule has 0 unspecified atom stereocenters. The first-order valence-corrected chi connectivity index (χ1v) is 16.5. The molecule has 47 heavy (non-hydrogen) atoms. The van der Waals surface area contributed by atoms with Crippen LogP contribution in [0.4, 0.5) is 15.8 Å². The van der Waals surface area contributed by atoms with Crippen LogP contribution in [0.15, 0.2) is 107 Å². The second-order valence-electron chi connectivity index (χ2n) is 10.9. The third-order valence-electron chi connectivity index (χ3n) is 8.07. The van der Waals surface area contributed by atoms with Gasteiger partial charge in [0.15, 0.2) is 0 Å². The summed E-state index contributed by atoms with van der Waals surface area (Å²) in [4.78, 5) is 26.6. The van der Waals surface area contributed by atoms with Gasteiger partial charge in [-0.3, -0.25) is 18.6 Å². The largest absolute Gasteiger partial charge is 0.343 e. The van der Waals surface area contributed by atoms with Gasteiger partial charge in [0.1, 0.15) is 16.4 Å². The number of sulfonamides is 1. The third-order valence-corrected chi connectivity index (χ3v) is 10.7. The van der Waals surface area contributed by atoms with Crippen molar-refractivity contribution in [1.82, 2.24) is 13.9 Å². The number of anilines is 2. The second-order valence-corrected chi connectivity index (χ2v) is 13.6. The number of rotatable bonds is 8. The van der Waals surface area contributed by atoms with Crippen molar-refractivity contribution < 1.29 is 17.6 Å². The van der Waals surface area contributed by atoms with Crippen molar-refractivity contribution in [3.8, 4) is 5.69 Å². The Hall–Kier alpha value is -4.84. The average molecular weight is 693 g/mol. The zero-order chi connectivity index (χ0) is 33.6. The Balaban J connectivity index is 1.29. The van der Waals surface area contributed by atoms with Gasteiger partial charge >= 0.3 is 0 Å². The van der Waals surface area contributed by atoms with Crippen LogP contribution in [0.2, 0.25) is 10.0 Å². The summed E-state index contributed by atoms with van der Waals surface area (Å²) in [6.45, 7) is 1.95. The zero-order valence-corrected chi connectivity index (χ0v) is 27.7. The molecule has 240 valence electrons. The van der Waals surface area contributed by atoms with Gasteiger partial charge in [0, 0.05) is 38.1 Å². The lowest BCUT2D eigenvalue weighted by atomic mass is 10.2. The van der Waals surface area contributed by atoms with E-state index in [-0.39, 0.29) is 26.2 Å². The highest BCUT2D eigenvalue weighted by atomic mass is 35.5. The Morgan fingerprint density at radius 1 is 0.957 bits per heavy atom. The van der Waals surface area contributed by atoms with E-state index in [9.17, 15) is 22.4 Å². The fourth-order valence-electron chi connectivity index (χ4n) is 5.48. The number of carbonyl (C=O) groups excluding carboxylic acids is 1. The lowest BCUT2D eigenvalue weighted by Crippen LogP contribution is -2.32. The predicted octanol–water partition coefficient (Wildman–Crippen LogP) is 7.01. The van der Waals surface area contributed by atoms with E-state index in [0.717, 1.165) is 15.2 Å². The molecule has 4 aromatic carbocycles. The molecule has 0 fully saturated rings. The second kappa shape index (κ2) is 12.4. The van der Waals surface area contributed by atoms with Gasteiger partial charge in [0.05, 0.1) is 26.9 Å². The van der Waals surface area contributed by atoms with Gasteiger partial charge in [0.2, 0.25) is 0 Å². The molecular weight excluding hydrogens is 664 g/mol. The minimum absolute atomic E-state index is 0.0369. The summed E-state index contributed by atoms with van der Waals surface area (Å²) in [5, 5.41) is 3.63. The molecule has 0 atom stereocenters. The molecule has 6 aromatic rings. The molecular formula is C34H28Cl2FN5O4S. The summed E-state index contributed by atoms with van der Waals surface area (Å²) in [6.07, 6.45) is 1.84. The average Bonchev–Trinajstić information content (AvgIpc) is 3.55. The summed E-state index contributed by atoms with van der Waals surface area (Å²) < 4.78 is 47.6. The van der Waals surface area contributed by atoms with Crippen LogP contribution >= 0.6 is 23.2 Å². The minimum atomic E-state index is -4.39. The number of carbonyl (C=O) groups is 1. The molecule has 0 aliphatic rings. The van der Waals surface area contributed by atoms with Gasteiger partial charge in [-0.1, -0.05) is 59.6 Å². The standard InChI is InChI=1S/C34H28Cl2FN5O4S/c1-21-32(34(44)42(39(21)2)26-9-5-4-6-10-26)40(3)47(45,46)30-18-23(13-15-27(30)35)33(43)38-25-14-12-22-16-17-41(29(22)19-25)20-24-8-7-11-28(37)31(24)36/h4-19H,20H2,1-3H3,(H,38,43). The van der Waals surface area contributed by atoms with Crippen LogP contribution in [-0.4, -0.2) is 35.3 Å². The molecule has 0 aliphatic carbocycles. The number of hydrogen-bond donors (Lipinski definition) is 1. The molecule has 6 rings (SSSR count). The number of fused-ring (bicyclic) bond motifs is 1. The Bertz CT molecular complexity index is 2350. The predicted molar refractivity (Wildman–Crippen MR) is 183 cm³/mol. The number of hydrogen-bond acceptors (Lipinski definition) is 4. The van der Waals surface area contributed by atoms with Crippen molar-refractivity contribution in [3.63, 3.8) is 0 Å². The molecule has 0 radical (unpaired) electrons. The summed E-state index contributed by atoms with van der Waals surface area (Å²) >= 11 is 12.6. The van der Waals surface area contributed by atoms with Crippen LogP contribution in [0.25, 0.3) is 16.6 Å². The SMILES string of the molecule is Cc1c(N(C)S(=O)(=O)c2cc(C(=O)Nc3ccc4ccn(Cc5cccc(F)c5Cl)c4c3)ccc2Cl)c(=O)n(-c2ccccc2)n1C. The molecule has 2 heterocycles. The molecule has 0 aliphatic heterocycles. The molecule has 9 nitrogen and oxygen atoms in total. The maximum absolute atomic E-state index is 14.0. The third kappa shape index (κ3) is 5.82. The first-order valence-electron chi connectivity index (χ1n) is 14.3. The minimum Gasteiger partial charge on any atom is -0.343 e. The molecule has 0 bridgehead atoms. The zero-order valence-electron chi connectivity index (χ0n) is 25.4. The van der Waals surface area contributed by atoms with E-state index in [0.29, 0.717) is 29.2 Å². The van der Waals surface area contributed by atoms with Gasteiger partial charge in [0.25, 0.3) is 21.5 Å². The van der Waals surface area contributed by atoms with Gasteiger partial charge in [-0.15, -0.1) is 0 Å². The van der Waals surface area contributed by atoms with Crippen LogP contribution < -0.4 is 15.2 Å². The van der Waals surface area contributed by atoms with Gasteiger partial charge < -0.3 is 9.88 Å². The highest BCUT2D eigenvalue weighted by Crippen LogP contribution is 2.30. The molecule has 1 amide bonds. The number of amides is 1. The van der Waals surface area contributed by atoms with Crippen LogP contribution in [0.5, 0.6) is 0 Å². The number of aromatic nitrogens is 3. The first-order chi connectivity index (χ1) is 22.4. The van der Waals surface area contributed by atoms with Crippen molar-refractivity contribution >= 4 is 61.4 Å². The lowest BCUT2D eigenvalue weighted by molar-refractivity contribution is 0.102. The normalized spacial score (nSPS) is 11.6. The molecule has 2 aromatic heterocycles. The molecule has 13 heteroatoms. The highest BCUT2D eigenvalue weighted by Gasteiger charge is 2.31. The van der Waals surface area contributed by atoms with Crippen molar-refractivity contribution in [2.45, 2.75) is 18.4 Å². The van der Waals surface area contributed by atoms with E-state index in [1.165, 1.54) is 36.0 Å². The number of benzene rings is 4. The summed E-state index contributed by atoms with van der Waals surface area (Å²) in [7, 11) is -1.45. The van der Waals surface area contributed by atoms with E-state index < -0.39 is 27.3 Å². The van der Waals surface area contributed by atoms with E-state index in [4.69, 9.17) is 23.2 Å². The van der Waals surface area contributed by atoms with Gasteiger partial charge in [-0.2, -0.15) is 0 Å². The van der Waals surface area contributed by atoms with Crippen LogP contribution in [0.3, 0.4) is 0 Å². The maximum Gasteiger partial charge on any atom is 0.296 e. The van der Waals surface area contributed by atoms with Gasteiger partial charge in [-0.25, -0.2) is 17.5 Å². The number of halogens is 3. The monoisotopic (exact) mass is 691 g/mol. The van der Waals surface area contributed by atoms with Gasteiger partial charge in [-0.05, 0) is 72.5 Å². The Morgan fingerprint density at radius 3 is 2.45 bits per heavy atom. The fourth-order valence-corrected chi connectivity index (χ4v) is 7.42. The van der Waals surface area contributed by atoms with Crippen molar-refractivity contribution in [3.05, 3.63) is 140 Å². The van der Waals surface area contributed by atoms with E-state index >= 15 is 0 Å². The van der Waals surface area contributed by atoms with Crippen molar-refractivity contribution in [2.24, 2.45) is 7.05 Å². The number of para-hydroxylation sites is 1. The number of nitrogens with one attached hydrogen (secondary N) is 1. The quantitative estimate of drug-likeness (QED) is 0.186. The van der Waals surface area contributed by atoms with Crippen LogP contribution in [-0.2, 0) is 23.6 Å². The highest BCUT2D eigenvalue weighted by molar-refractivity contribution is 7.93.